The van der Waals surface area contributed by atoms with Gasteiger partial charge in [0, 0.05) is 48.2 Å². The molecule has 10 aromatic rings. The van der Waals surface area contributed by atoms with Gasteiger partial charge in [0.05, 0.1) is 16.6 Å². The van der Waals surface area contributed by atoms with Gasteiger partial charge in [0.2, 0.25) is 0 Å². The molecule has 1 aliphatic carbocycles. The van der Waals surface area contributed by atoms with E-state index in [0.29, 0.717) is 22.1 Å². The number of nitrogens with zero attached hydrogens (tertiary/aromatic N) is 2. The Hall–Kier alpha value is -7.17. The van der Waals surface area contributed by atoms with Crippen LogP contribution in [0.4, 0.5) is 0 Å². The van der Waals surface area contributed by atoms with Crippen molar-refractivity contribution in [3.8, 4) is 78.3 Å². The van der Waals surface area contributed by atoms with Crippen LogP contribution in [0.5, 0.6) is 11.5 Å². The SMILES string of the molecule is [2H]C([2H])([2H])c1cc2c(cc1-c1c(C([2H])([2H])[2H])ccc3c1oc1nc4ccccc4n13)C(C([2H])([2H])[2H])(C([2H])([2H])[2H])c1ccc(C([2H])([2H])[2H])c(-c3ccc4c(c3)-c3ccccc3-c3ccccc3-c3ccccc3-4)c1O2. The van der Waals surface area contributed by atoms with E-state index >= 15 is 0 Å². The van der Waals surface area contributed by atoms with Crippen LogP contribution in [-0.4, -0.2) is 9.38 Å². The monoisotopic (exact) mass is 775 g/mol. The van der Waals surface area contributed by atoms with Crippen LogP contribution >= 0.6 is 0 Å². The maximum atomic E-state index is 9.35. The fraction of sp³-hybridized carbons (Fsp3) is 0.109. The fourth-order valence-electron chi connectivity index (χ4n) is 9.22. The minimum absolute atomic E-state index is 0.0542. The Morgan fingerprint density at radius 1 is 0.508 bits per heavy atom. The minimum atomic E-state index is -3.51. The molecule has 4 heteroatoms. The van der Waals surface area contributed by atoms with E-state index in [4.69, 9.17) is 21.5 Å². The van der Waals surface area contributed by atoms with E-state index in [1.807, 2.05) is 72.8 Å². The number of aromatic nitrogens is 2. The normalized spacial score (nSPS) is 18.3. The molecule has 0 unspecified atom stereocenters. The Morgan fingerprint density at radius 3 is 1.80 bits per heavy atom. The fourth-order valence-corrected chi connectivity index (χ4v) is 9.22. The maximum Gasteiger partial charge on any atom is 0.307 e. The second-order valence-electron chi connectivity index (χ2n) is 15.2. The number of rotatable bonds is 2. The van der Waals surface area contributed by atoms with Crippen molar-refractivity contribution in [3.05, 3.63) is 179 Å². The largest absolute Gasteiger partial charge is 0.456 e. The lowest BCUT2D eigenvalue weighted by atomic mass is 9.73. The molecule has 0 N–H and O–H groups in total. The van der Waals surface area contributed by atoms with Gasteiger partial charge in [-0.05, 0) is 129 Å². The first-order chi connectivity index (χ1) is 34.9. The van der Waals surface area contributed by atoms with Crippen LogP contribution < -0.4 is 4.74 Å². The third-order valence-electron chi connectivity index (χ3n) is 11.9. The summed E-state index contributed by atoms with van der Waals surface area (Å²) in [5.41, 5.74) is 2.74. The number of hydrogen-bond donors (Lipinski definition) is 0. The Labute approximate surface area is 364 Å². The van der Waals surface area contributed by atoms with Gasteiger partial charge in [0.1, 0.15) is 11.5 Å². The van der Waals surface area contributed by atoms with Gasteiger partial charge in [-0.2, -0.15) is 4.98 Å². The number of fused-ring (bicyclic) bond motifs is 15. The Kier molecular flexibility index (Phi) is 4.56. The molecule has 2 aromatic heterocycles. The summed E-state index contributed by atoms with van der Waals surface area (Å²) in [7, 11) is 0. The van der Waals surface area contributed by atoms with Crippen molar-refractivity contribution in [1.29, 1.82) is 0 Å². The number of imidazole rings is 1. The van der Waals surface area contributed by atoms with Crippen LogP contribution in [0.15, 0.2) is 156 Å². The third-order valence-corrected chi connectivity index (χ3v) is 11.9. The van der Waals surface area contributed by atoms with Crippen LogP contribution in [0, 0.1) is 20.6 Å². The molecule has 0 spiro atoms. The van der Waals surface area contributed by atoms with E-state index in [1.54, 1.807) is 40.8 Å². The molecular formula is C55H40N2O2. The molecule has 8 aromatic carbocycles. The molecular weight excluding hydrogens is 721 g/mol. The third kappa shape index (κ3) is 4.74. The predicted octanol–water partition coefficient (Wildman–Crippen LogP) is 14.9. The quantitative estimate of drug-likeness (QED) is 0.176. The molecule has 0 saturated carbocycles. The summed E-state index contributed by atoms with van der Waals surface area (Å²) in [5, 5.41) is 0. The molecule has 0 fully saturated rings. The molecule has 1 aliphatic heterocycles. The van der Waals surface area contributed by atoms with Gasteiger partial charge >= 0.3 is 5.84 Å². The van der Waals surface area contributed by atoms with E-state index in [1.165, 1.54) is 18.2 Å². The Bertz CT molecular complexity index is 3980. The summed E-state index contributed by atoms with van der Waals surface area (Å²) in [6, 6.07) is 43.5. The summed E-state index contributed by atoms with van der Waals surface area (Å²) >= 11 is 0. The van der Waals surface area contributed by atoms with Crippen molar-refractivity contribution in [2.45, 2.75) is 39.7 Å². The topological polar surface area (TPSA) is 39.7 Å². The first-order valence-electron chi connectivity index (χ1n) is 26.7. The standard InChI is InChI=1S/C55H40N2O2/c1-31-22-26-44-52(50(31)34-24-25-41-39-18-9-8-16-37(39)35-14-6-7-15-36(35)38-17-10-11-19-40(38)43(41)29-34)58-49-28-33(3)42(30-45(49)55(44,4)5)51-32(2)23-27-48-53(51)59-54-56-46-20-12-13-21-47(46)57(48)54/h6-30H,1-5H3/i1D3,2D3,3D3,4D3,5D3. The number of benzene rings is 8. The van der Waals surface area contributed by atoms with Crippen molar-refractivity contribution < 1.29 is 29.7 Å². The first-order valence-corrected chi connectivity index (χ1v) is 19.2. The molecule has 0 bridgehead atoms. The van der Waals surface area contributed by atoms with Crippen LogP contribution in [0.3, 0.4) is 0 Å². The molecule has 4 nitrogen and oxygen atoms in total. The summed E-state index contributed by atoms with van der Waals surface area (Å²) in [4.78, 5) is 4.59. The molecule has 2 aliphatic rings. The molecule has 12 rings (SSSR count). The highest BCUT2D eigenvalue weighted by atomic mass is 16.5. The lowest BCUT2D eigenvalue weighted by Gasteiger charge is -2.37. The van der Waals surface area contributed by atoms with Crippen molar-refractivity contribution in [2.24, 2.45) is 0 Å². The lowest BCUT2D eigenvalue weighted by molar-refractivity contribution is 0.419. The Morgan fingerprint density at radius 2 is 1.12 bits per heavy atom. The van der Waals surface area contributed by atoms with E-state index in [-0.39, 0.29) is 44.8 Å². The summed E-state index contributed by atoms with van der Waals surface area (Å²) in [6.07, 6.45) is 0. The Balaban J connectivity index is 1.17. The summed E-state index contributed by atoms with van der Waals surface area (Å²) < 4.78 is 150. The number of para-hydroxylation sites is 2. The molecule has 0 radical (unpaired) electrons. The van der Waals surface area contributed by atoms with Gasteiger partial charge in [0.15, 0.2) is 5.58 Å². The second-order valence-corrected chi connectivity index (χ2v) is 15.2. The van der Waals surface area contributed by atoms with Crippen LogP contribution in [0.1, 0.15) is 62.1 Å². The van der Waals surface area contributed by atoms with Crippen molar-refractivity contribution in [2.75, 3.05) is 0 Å². The molecule has 0 atom stereocenters. The predicted molar refractivity (Wildman–Crippen MR) is 241 cm³/mol. The van der Waals surface area contributed by atoms with Gasteiger partial charge in [0.25, 0.3) is 0 Å². The molecule has 0 amide bonds. The van der Waals surface area contributed by atoms with Crippen molar-refractivity contribution in [3.63, 3.8) is 0 Å². The van der Waals surface area contributed by atoms with Gasteiger partial charge in [-0.25, -0.2) is 0 Å². The molecule has 282 valence electrons. The van der Waals surface area contributed by atoms with Crippen LogP contribution in [0.25, 0.3) is 94.7 Å². The zero-order chi connectivity index (χ0) is 52.2. The highest BCUT2D eigenvalue weighted by Gasteiger charge is 2.37. The van der Waals surface area contributed by atoms with E-state index in [2.05, 4.69) is 11.1 Å². The molecule has 3 heterocycles. The van der Waals surface area contributed by atoms with Gasteiger partial charge in [-0.3, -0.25) is 4.40 Å². The van der Waals surface area contributed by atoms with Crippen molar-refractivity contribution in [1.82, 2.24) is 9.38 Å². The number of hydrogen-bond acceptors (Lipinski definition) is 3. The van der Waals surface area contributed by atoms with Gasteiger partial charge in [-0.15, -0.1) is 0 Å². The zero-order valence-electron chi connectivity index (χ0n) is 46.1. The minimum Gasteiger partial charge on any atom is -0.456 e. The van der Waals surface area contributed by atoms with Gasteiger partial charge in [-0.1, -0.05) is 129 Å². The number of ether oxygens (including phenoxy) is 1. The van der Waals surface area contributed by atoms with Crippen molar-refractivity contribution >= 4 is 28.0 Å². The number of aryl methyl sites for hydroxylation is 3. The average molecular weight is 776 g/mol. The second kappa shape index (κ2) is 12.2. The zero-order valence-corrected chi connectivity index (χ0v) is 31.1. The first kappa shape index (κ1) is 22.1. The highest BCUT2D eigenvalue weighted by molar-refractivity contribution is 6.04. The number of oxazole rings is 1. The van der Waals surface area contributed by atoms with E-state index in [0.717, 1.165) is 57.1 Å². The lowest BCUT2D eigenvalue weighted by Crippen LogP contribution is -2.25. The average Bonchev–Trinajstić information content (AvgIpc) is 3.90. The van der Waals surface area contributed by atoms with E-state index in [9.17, 15) is 8.22 Å². The van der Waals surface area contributed by atoms with Crippen LogP contribution in [-0.2, 0) is 5.41 Å². The van der Waals surface area contributed by atoms with E-state index < -0.39 is 67.9 Å². The van der Waals surface area contributed by atoms with Crippen LogP contribution in [0.2, 0.25) is 0 Å². The molecule has 59 heavy (non-hydrogen) atoms. The summed E-state index contributed by atoms with van der Waals surface area (Å²) in [6.45, 7) is -15.9. The molecule has 0 saturated heterocycles. The van der Waals surface area contributed by atoms with Gasteiger partial charge < -0.3 is 9.15 Å². The smallest absolute Gasteiger partial charge is 0.307 e. The summed E-state index contributed by atoms with van der Waals surface area (Å²) in [5.74, 6) is -0.844. The maximum absolute atomic E-state index is 9.35. The highest BCUT2D eigenvalue weighted by Crippen LogP contribution is 2.55.